The highest BCUT2D eigenvalue weighted by atomic mass is 35.5. The summed E-state index contributed by atoms with van der Waals surface area (Å²) in [6.07, 6.45) is 0.0486. The Bertz CT molecular complexity index is 617. The van der Waals surface area contributed by atoms with Crippen LogP contribution >= 0.6 is 11.6 Å². The molecule has 0 saturated heterocycles. The van der Waals surface area contributed by atoms with Crippen LogP contribution in [0.15, 0.2) is 18.2 Å². The molecule has 1 aromatic carbocycles. The van der Waals surface area contributed by atoms with Gasteiger partial charge in [0.05, 0.1) is 11.6 Å². The van der Waals surface area contributed by atoms with E-state index >= 15 is 0 Å². The van der Waals surface area contributed by atoms with Crippen LogP contribution in [-0.2, 0) is 6.18 Å². The minimum atomic E-state index is -4.49. The molecule has 1 radical (unpaired) electrons. The van der Waals surface area contributed by atoms with Crippen molar-refractivity contribution in [1.82, 2.24) is 14.8 Å². The van der Waals surface area contributed by atoms with E-state index in [2.05, 4.69) is 16.4 Å². The highest BCUT2D eigenvalue weighted by molar-refractivity contribution is 6.30. The van der Waals surface area contributed by atoms with Gasteiger partial charge in [0.2, 0.25) is 0 Å². The zero-order chi connectivity index (χ0) is 13.6. The van der Waals surface area contributed by atoms with Gasteiger partial charge in [0.25, 0.3) is 0 Å². The molecule has 0 atom stereocenters. The van der Waals surface area contributed by atoms with Gasteiger partial charge >= 0.3 is 6.18 Å². The van der Waals surface area contributed by atoms with Crippen LogP contribution in [0.2, 0.25) is 5.02 Å². The maximum atomic E-state index is 13.0. The first-order valence-electron chi connectivity index (χ1n) is 5.66. The molecule has 1 aromatic heterocycles. The largest absolute Gasteiger partial charge is 0.417 e. The third-order valence-corrected chi connectivity index (χ3v) is 3.12. The molecule has 19 heavy (non-hydrogen) atoms. The van der Waals surface area contributed by atoms with Gasteiger partial charge in [0.1, 0.15) is 0 Å². The van der Waals surface area contributed by atoms with Crippen molar-refractivity contribution < 1.29 is 13.2 Å². The van der Waals surface area contributed by atoms with Crippen molar-refractivity contribution >= 4 is 11.6 Å². The zero-order valence-corrected chi connectivity index (χ0v) is 10.3. The van der Waals surface area contributed by atoms with Crippen LogP contribution in [0.4, 0.5) is 13.2 Å². The second kappa shape index (κ2) is 4.23. The van der Waals surface area contributed by atoms with Crippen molar-refractivity contribution in [2.75, 3.05) is 0 Å². The lowest BCUT2D eigenvalue weighted by Crippen LogP contribution is -2.08. The van der Waals surface area contributed by atoms with E-state index in [0.717, 1.165) is 18.9 Å². The lowest BCUT2D eigenvalue weighted by atomic mass is 10.1. The number of halogens is 4. The third-order valence-electron chi connectivity index (χ3n) is 2.88. The normalized spacial score (nSPS) is 15.8. The highest BCUT2D eigenvalue weighted by Crippen LogP contribution is 2.38. The SMILES string of the molecule is FC(F)(F)c1cc(Cl)ccc1-c1n[c]n(C2CC2)n1. The number of benzene rings is 1. The predicted octanol–water partition coefficient (Wildman–Crippen LogP) is 3.75. The van der Waals surface area contributed by atoms with Crippen molar-refractivity contribution in [1.29, 1.82) is 0 Å². The molecule has 0 aliphatic heterocycles. The van der Waals surface area contributed by atoms with Gasteiger partial charge in [0, 0.05) is 10.6 Å². The van der Waals surface area contributed by atoms with Crippen molar-refractivity contribution in [3.05, 3.63) is 35.1 Å². The Kier molecular flexibility index (Phi) is 2.78. The summed E-state index contributed by atoms with van der Waals surface area (Å²) in [5.74, 6) is 0.0240. The maximum absolute atomic E-state index is 13.0. The van der Waals surface area contributed by atoms with Crippen LogP contribution in [0.25, 0.3) is 11.4 Å². The van der Waals surface area contributed by atoms with Crippen LogP contribution in [0.5, 0.6) is 0 Å². The molecule has 7 heteroatoms. The number of nitrogens with zero attached hydrogens (tertiary/aromatic N) is 3. The van der Waals surface area contributed by atoms with Gasteiger partial charge in [-0.3, -0.25) is 0 Å². The number of hydrogen-bond acceptors (Lipinski definition) is 2. The molecule has 3 nitrogen and oxygen atoms in total. The fraction of sp³-hybridized carbons (Fsp3) is 0.333. The fourth-order valence-corrected chi connectivity index (χ4v) is 1.96. The topological polar surface area (TPSA) is 30.7 Å². The first kappa shape index (κ1) is 12.5. The van der Waals surface area contributed by atoms with Crippen molar-refractivity contribution in [2.45, 2.75) is 25.1 Å². The molecule has 1 heterocycles. The van der Waals surface area contributed by atoms with E-state index in [-0.39, 0.29) is 22.5 Å². The van der Waals surface area contributed by atoms with Crippen LogP contribution < -0.4 is 0 Å². The predicted molar refractivity (Wildman–Crippen MR) is 62.6 cm³/mol. The van der Waals surface area contributed by atoms with Crippen LogP contribution in [0.3, 0.4) is 0 Å². The quantitative estimate of drug-likeness (QED) is 0.842. The molecule has 99 valence electrons. The second-order valence-electron chi connectivity index (χ2n) is 4.40. The Balaban J connectivity index is 2.07. The molecule has 1 fully saturated rings. The van der Waals surface area contributed by atoms with Gasteiger partial charge in [-0.05, 0) is 31.0 Å². The van der Waals surface area contributed by atoms with E-state index in [1.54, 1.807) is 0 Å². The molecule has 0 unspecified atom stereocenters. The molecule has 1 saturated carbocycles. The minimum absolute atomic E-state index is 0.0240. The summed E-state index contributed by atoms with van der Waals surface area (Å²) in [5.41, 5.74) is -0.908. The van der Waals surface area contributed by atoms with E-state index in [4.69, 9.17) is 11.6 Å². The number of aromatic nitrogens is 3. The molecular weight excluding hydrogens is 279 g/mol. The van der Waals surface area contributed by atoms with Gasteiger partial charge in [-0.1, -0.05) is 11.6 Å². The summed E-state index contributed by atoms with van der Waals surface area (Å²) in [6.45, 7) is 0. The molecule has 0 bridgehead atoms. The molecule has 0 N–H and O–H groups in total. The minimum Gasteiger partial charge on any atom is -0.239 e. The maximum Gasteiger partial charge on any atom is 0.417 e. The summed E-state index contributed by atoms with van der Waals surface area (Å²) in [7, 11) is 0. The Hall–Kier alpha value is -1.56. The fourth-order valence-electron chi connectivity index (χ4n) is 1.79. The summed E-state index contributed by atoms with van der Waals surface area (Å²) < 4.78 is 40.4. The van der Waals surface area contributed by atoms with Gasteiger partial charge in [-0.2, -0.15) is 18.3 Å². The average molecular weight is 287 g/mol. The van der Waals surface area contributed by atoms with Gasteiger partial charge < -0.3 is 0 Å². The van der Waals surface area contributed by atoms with Crippen molar-refractivity contribution in [3.8, 4) is 11.4 Å². The summed E-state index contributed by atoms with van der Waals surface area (Å²) in [4.78, 5) is 3.84. The molecule has 2 aromatic rings. The Morgan fingerprint density at radius 2 is 2.05 bits per heavy atom. The van der Waals surface area contributed by atoms with Crippen molar-refractivity contribution in [3.63, 3.8) is 0 Å². The number of alkyl halides is 3. The summed E-state index contributed by atoms with van der Waals surface area (Å²) >= 11 is 5.62. The second-order valence-corrected chi connectivity index (χ2v) is 4.84. The lowest BCUT2D eigenvalue weighted by Gasteiger charge is -2.10. The highest BCUT2D eigenvalue weighted by Gasteiger charge is 2.35. The lowest BCUT2D eigenvalue weighted by molar-refractivity contribution is -0.137. The molecule has 0 amide bonds. The van der Waals surface area contributed by atoms with Gasteiger partial charge in [-0.15, -0.1) is 0 Å². The van der Waals surface area contributed by atoms with Crippen LogP contribution in [-0.4, -0.2) is 14.8 Å². The summed E-state index contributed by atoms with van der Waals surface area (Å²) in [5, 5.41) is 4.08. The monoisotopic (exact) mass is 286 g/mol. The smallest absolute Gasteiger partial charge is 0.239 e. The Morgan fingerprint density at radius 1 is 1.32 bits per heavy atom. The molecule has 3 rings (SSSR count). The van der Waals surface area contributed by atoms with E-state index in [0.29, 0.717) is 0 Å². The van der Waals surface area contributed by atoms with Gasteiger partial charge in [-0.25, -0.2) is 9.67 Å². The standard InChI is InChI=1S/C12H8ClF3N3/c13-7-1-4-9(10(5-7)12(14,15)16)11-17-6-19(18-11)8-2-3-8/h1,4-5,8H,2-3H2. The number of rotatable bonds is 2. The zero-order valence-electron chi connectivity index (χ0n) is 9.58. The molecule has 1 aliphatic rings. The Labute approximate surface area is 112 Å². The molecular formula is C12H8ClF3N3. The van der Waals surface area contributed by atoms with E-state index in [1.165, 1.54) is 16.8 Å². The van der Waals surface area contributed by atoms with Gasteiger partial charge in [0.15, 0.2) is 12.2 Å². The summed E-state index contributed by atoms with van der Waals surface area (Å²) in [6, 6.07) is 3.78. The first-order chi connectivity index (χ1) is 8.95. The van der Waals surface area contributed by atoms with E-state index in [9.17, 15) is 13.2 Å². The van der Waals surface area contributed by atoms with E-state index in [1.807, 2.05) is 0 Å². The van der Waals surface area contributed by atoms with Crippen LogP contribution in [0, 0.1) is 6.33 Å². The third kappa shape index (κ3) is 2.45. The van der Waals surface area contributed by atoms with Crippen LogP contribution in [0.1, 0.15) is 24.4 Å². The van der Waals surface area contributed by atoms with Crippen molar-refractivity contribution in [2.24, 2.45) is 0 Å². The Morgan fingerprint density at radius 3 is 2.68 bits per heavy atom. The average Bonchev–Trinajstić information content (AvgIpc) is 3.07. The molecule has 0 spiro atoms. The van der Waals surface area contributed by atoms with E-state index < -0.39 is 11.7 Å². The molecule has 1 aliphatic carbocycles. The number of hydrogen-bond donors (Lipinski definition) is 0. The first-order valence-corrected chi connectivity index (χ1v) is 6.04.